The highest BCUT2D eigenvalue weighted by molar-refractivity contribution is 7.71. The van der Waals surface area contributed by atoms with E-state index < -0.39 is 0 Å². The van der Waals surface area contributed by atoms with Gasteiger partial charge in [-0.05, 0) is 67.7 Å². The van der Waals surface area contributed by atoms with Crippen LogP contribution in [0.3, 0.4) is 0 Å². The maximum absolute atomic E-state index is 6.08. The summed E-state index contributed by atoms with van der Waals surface area (Å²) >= 11 is 6.08. The first kappa shape index (κ1) is 20.8. The van der Waals surface area contributed by atoms with E-state index >= 15 is 0 Å². The fourth-order valence-corrected chi connectivity index (χ4v) is 5.83. The first-order valence-corrected chi connectivity index (χ1v) is 12.4. The van der Waals surface area contributed by atoms with Gasteiger partial charge in [-0.2, -0.15) is 0 Å². The van der Waals surface area contributed by atoms with E-state index in [4.69, 9.17) is 17.2 Å². The van der Waals surface area contributed by atoms with E-state index in [9.17, 15) is 0 Å². The summed E-state index contributed by atoms with van der Waals surface area (Å²) in [7, 11) is 0. The number of aryl methyl sites for hydroxylation is 1. The molecule has 2 fully saturated rings. The van der Waals surface area contributed by atoms with Crippen molar-refractivity contribution in [2.75, 3.05) is 18.1 Å². The fourth-order valence-electron chi connectivity index (χ4n) is 5.46. The van der Waals surface area contributed by atoms with Crippen LogP contribution in [0.4, 0.5) is 0 Å². The highest BCUT2D eigenvalue weighted by atomic mass is 32.1. The van der Waals surface area contributed by atoms with Gasteiger partial charge in [0.2, 0.25) is 0 Å². The Morgan fingerprint density at radius 1 is 1.00 bits per heavy atom. The molecule has 2 heterocycles. The standard InChI is InChI=1S/C25H37N3S/c1-2-10-23-17-22-15-9-16-26-24(22)28(25(23)29)27(18-20-11-5-3-6-12-20)19-21-13-7-4-8-14-21/h9,15-17,20-21H,2-8,10-14,18-19H2,1H3. The zero-order valence-electron chi connectivity index (χ0n) is 18.1. The number of pyridine rings is 2. The molecule has 4 heteroatoms. The van der Waals surface area contributed by atoms with Crippen molar-refractivity contribution in [3.8, 4) is 0 Å². The van der Waals surface area contributed by atoms with Crippen molar-refractivity contribution >= 4 is 23.3 Å². The Labute approximate surface area is 181 Å². The van der Waals surface area contributed by atoms with Crippen LogP contribution in [0.2, 0.25) is 0 Å². The van der Waals surface area contributed by atoms with E-state index in [1.54, 1.807) is 0 Å². The van der Waals surface area contributed by atoms with Crippen LogP contribution >= 0.6 is 12.2 Å². The molecule has 2 saturated carbocycles. The van der Waals surface area contributed by atoms with Gasteiger partial charge in [-0.15, -0.1) is 0 Å². The number of aromatic nitrogens is 2. The molecule has 0 N–H and O–H groups in total. The van der Waals surface area contributed by atoms with Gasteiger partial charge in [0.25, 0.3) is 0 Å². The lowest BCUT2D eigenvalue weighted by molar-refractivity contribution is 0.301. The van der Waals surface area contributed by atoms with Crippen molar-refractivity contribution in [1.82, 2.24) is 9.66 Å². The molecule has 4 rings (SSSR count). The van der Waals surface area contributed by atoms with Gasteiger partial charge in [-0.3, -0.25) is 0 Å². The molecule has 0 spiro atoms. The van der Waals surface area contributed by atoms with Crippen LogP contribution in [0, 0.1) is 16.5 Å². The Kier molecular flexibility index (Phi) is 7.23. The minimum Gasteiger partial charge on any atom is -0.309 e. The maximum atomic E-state index is 6.08. The maximum Gasteiger partial charge on any atom is 0.159 e. The summed E-state index contributed by atoms with van der Waals surface area (Å²) in [5.41, 5.74) is 2.35. The number of nitrogens with zero attached hydrogens (tertiary/aromatic N) is 3. The van der Waals surface area contributed by atoms with Gasteiger partial charge < -0.3 is 5.01 Å². The summed E-state index contributed by atoms with van der Waals surface area (Å²) in [6.07, 6.45) is 18.0. The molecule has 2 aromatic heterocycles. The number of hydrogen-bond donors (Lipinski definition) is 0. The highest BCUT2D eigenvalue weighted by Gasteiger charge is 2.24. The topological polar surface area (TPSA) is 21.1 Å². The molecule has 3 nitrogen and oxygen atoms in total. The van der Waals surface area contributed by atoms with Crippen LogP contribution in [0.5, 0.6) is 0 Å². The van der Waals surface area contributed by atoms with E-state index in [2.05, 4.69) is 34.8 Å². The quantitative estimate of drug-likeness (QED) is 0.467. The van der Waals surface area contributed by atoms with Crippen molar-refractivity contribution in [3.05, 3.63) is 34.6 Å². The molecule has 0 atom stereocenters. The molecular weight excluding hydrogens is 374 g/mol. The van der Waals surface area contributed by atoms with Gasteiger partial charge in [0, 0.05) is 24.7 Å². The Hall–Kier alpha value is -1.42. The molecule has 0 aliphatic heterocycles. The Bertz CT molecular complexity index is 827. The Morgan fingerprint density at radius 2 is 1.62 bits per heavy atom. The zero-order chi connectivity index (χ0) is 20.1. The monoisotopic (exact) mass is 411 g/mol. The van der Waals surface area contributed by atoms with E-state index in [0.29, 0.717) is 0 Å². The predicted molar refractivity (Wildman–Crippen MR) is 126 cm³/mol. The summed E-state index contributed by atoms with van der Waals surface area (Å²) in [4.78, 5) is 4.80. The molecule has 0 radical (unpaired) electrons. The molecule has 0 saturated heterocycles. The Morgan fingerprint density at radius 3 is 2.21 bits per heavy atom. The van der Waals surface area contributed by atoms with Crippen LogP contribution in [-0.4, -0.2) is 22.7 Å². The molecule has 2 aliphatic rings. The summed E-state index contributed by atoms with van der Waals surface area (Å²) < 4.78 is 3.34. The van der Waals surface area contributed by atoms with Crippen molar-refractivity contribution < 1.29 is 0 Å². The molecule has 158 valence electrons. The molecule has 0 unspecified atom stereocenters. The molecule has 29 heavy (non-hydrogen) atoms. The third kappa shape index (κ3) is 5.02. The minimum atomic E-state index is 0.794. The van der Waals surface area contributed by atoms with Crippen molar-refractivity contribution in [1.29, 1.82) is 0 Å². The minimum absolute atomic E-state index is 0.794. The van der Waals surface area contributed by atoms with Crippen LogP contribution in [0.1, 0.15) is 83.1 Å². The second-order valence-corrected chi connectivity index (χ2v) is 9.72. The molecule has 2 aromatic rings. The molecule has 0 amide bonds. The van der Waals surface area contributed by atoms with Crippen LogP contribution in [0.25, 0.3) is 11.0 Å². The zero-order valence-corrected chi connectivity index (χ0v) is 18.9. The third-order valence-corrected chi connectivity index (χ3v) is 7.44. The molecule has 0 aromatic carbocycles. The number of fused-ring (bicyclic) bond motifs is 1. The first-order chi connectivity index (χ1) is 14.3. The van der Waals surface area contributed by atoms with Gasteiger partial charge in [0.1, 0.15) is 4.64 Å². The molecule has 2 aliphatic carbocycles. The van der Waals surface area contributed by atoms with E-state index in [1.807, 2.05) is 6.20 Å². The Balaban J connectivity index is 1.74. The van der Waals surface area contributed by atoms with E-state index in [1.165, 1.54) is 75.2 Å². The lowest BCUT2D eigenvalue weighted by Crippen LogP contribution is -2.44. The summed E-state index contributed by atoms with van der Waals surface area (Å²) in [5.74, 6) is 1.59. The lowest BCUT2D eigenvalue weighted by atomic mass is 9.87. The van der Waals surface area contributed by atoms with E-state index in [-0.39, 0.29) is 0 Å². The third-order valence-electron chi connectivity index (χ3n) is 7.00. The van der Waals surface area contributed by atoms with Gasteiger partial charge in [-0.1, -0.05) is 64.1 Å². The molecule has 0 bridgehead atoms. The van der Waals surface area contributed by atoms with Crippen molar-refractivity contribution in [3.63, 3.8) is 0 Å². The smallest absolute Gasteiger partial charge is 0.159 e. The molecular formula is C25H37N3S. The van der Waals surface area contributed by atoms with Gasteiger partial charge in [0.05, 0.1) is 0 Å². The van der Waals surface area contributed by atoms with Crippen molar-refractivity contribution in [2.24, 2.45) is 11.8 Å². The van der Waals surface area contributed by atoms with Crippen LogP contribution in [-0.2, 0) is 6.42 Å². The second-order valence-electron chi connectivity index (χ2n) is 9.33. The fraction of sp³-hybridized carbons (Fsp3) is 0.680. The average Bonchev–Trinajstić information content (AvgIpc) is 2.76. The highest BCUT2D eigenvalue weighted by Crippen LogP contribution is 2.29. The number of rotatable bonds is 7. The lowest BCUT2D eigenvalue weighted by Gasteiger charge is -2.37. The predicted octanol–water partition coefficient (Wildman–Crippen LogP) is 6.82. The SMILES string of the molecule is CCCc1cc2cccnc2n(N(CC2CCCCC2)CC2CCCCC2)c1=S. The summed E-state index contributed by atoms with van der Waals surface area (Å²) in [6.45, 7) is 4.51. The largest absolute Gasteiger partial charge is 0.309 e. The average molecular weight is 412 g/mol. The van der Waals surface area contributed by atoms with Crippen LogP contribution < -0.4 is 5.01 Å². The second kappa shape index (κ2) is 10.1. The summed E-state index contributed by atoms with van der Waals surface area (Å²) in [6, 6.07) is 6.54. The summed E-state index contributed by atoms with van der Waals surface area (Å²) in [5, 5.41) is 3.84. The normalized spacial score (nSPS) is 18.9. The van der Waals surface area contributed by atoms with Gasteiger partial charge in [-0.25, -0.2) is 9.66 Å². The number of hydrogen-bond acceptors (Lipinski definition) is 3. The van der Waals surface area contributed by atoms with Gasteiger partial charge in [0.15, 0.2) is 5.65 Å². The van der Waals surface area contributed by atoms with Crippen LogP contribution in [0.15, 0.2) is 24.4 Å². The van der Waals surface area contributed by atoms with Crippen molar-refractivity contribution in [2.45, 2.75) is 84.0 Å². The first-order valence-electron chi connectivity index (χ1n) is 12.0. The van der Waals surface area contributed by atoms with E-state index in [0.717, 1.165) is 48.1 Å². The van der Waals surface area contributed by atoms with Gasteiger partial charge >= 0.3 is 0 Å².